The number of aryl methyl sites for hydroxylation is 1. The summed E-state index contributed by atoms with van der Waals surface area (Å²) in [6, 6.07) is 5.79. The van der Waals surface area contributed by atoms with Crippen LogP contribution in [0.15, 0.2) is 24.4 Å². The standard InChI is InChI=1S/C12H12N2O2/c1-7-4-3-5-9(8(7)2)11-10(12(15)16)6-13-14-11/h3-6H,1-2H3,(H,13,14)(H,15,16). The van der Waals surface area contributed by atoms with E-state index in [0.29, 0.717) is 5.69 Å². The van der Waals surface area contributed by atoms with Gasteiger partial charge in [0, 0.05) is 5.56 Å². The van der Waals surface area contributed by atoms with Crippen molar-refractivity contribution in [2.24, 2.45) is 0 Å². The number of carbonyl (C=O) groups is 1. The van der Waals surface area contributed by atoms with Crippen LogP contribution < -0.4 is 0 Å². The molecular weight excluding hydrogens is 204 g/mol. The van der Waals surface area contributed by atoms with Gasteiger partial charge in [-0.15, -0.1) is 0 Å². The zero-order valence-electron chi connectivity index (χ0n) is 9.11. The largest absolute Gasteiger partial charge is 0.478 e. The molecule has 0 unspecified atom stereocenters. The van der Waals surface area contributed by atoms with E-state index in [4.69, 9.17) is 5.11 Å². The molecule has 0 aliphatic rings. The fourth-order valence-electron chi connectivity index (χ4n) is 1.68. The van der Waals surface area contributed by atoms with Crippen LogP contribution in [0.3, 0.4) is 0 Å². The molecule has 0 saturated heterocycles. The highest BCUT2D eigenvalue weighted by Gasteiger charge is 2.15. The maximum absolute atomic E-state index is 11.0. The predicted octanol–water partition coefficient (Wildman–Crippen LogP) is 2.39. The molecule has 0 atom stereocenters. The molecule has 16 heavy (non-hydrogen) atoms. The molecule has 0 spiro atoms. The van der Waals surface area contributed by atoms with Crippen LogP contribution in [0.2, 0.25) is 0 Å². The first kappa shape index (κ1) is 10.4. The van der Waals surface area contributed by atoms with Gasteiger partial charge in [-0.1, -0.05) is 18.2 Å². The monoisotopic (exact) mass is 216 g/mol. The molecule has 0 amide bonds. The fraction of sp³-hybridized carbons (Fsp3) is 0.167. The summed E-state index contributed by atoms with van der Waals surface area (Å²) in [5.41, 5.74) is 3.84. The number of carboxylic acid groups (broad SMARTS) is 1. The Morgan fingerprint density at radius 3 is 2.81 bits per heavy atom. The van der Waals surface area contributed by atoms with Gasteiger partial charge in [-0.2, -0.15) is 5.10 Å². The Bertz CT molecular complexity index is 544. The van der Waals surface area contributed by atoms with Crippen molar-refractivity contribution >= 4 is 5.97 Å². The quantitative estimate of drug-likeness (QED) is 0.810. The molecule has 0 radical (unpaired) electrons. The van der Waals surface area contributed by atoms with Crippen molar-refractivity contribution in [1.29, 1.82) is 0 Å². The minimum absolute atomic E-state index is 0.203. The summed E-state index contributed by atoms with van der Waals surface area (Å²) in [5.74, 6) is -0.968. The minimum Gasteiger partial charge on any atom is -0.478 e. The molecule has 82 valence electrons. The highest BCUT2D eigenvalue weighted by atomic mass is 16.4. The van der Waals surface area contributed by atoms with Crippen LogP contribution in [-0.2, 0) is 0 Å². The molecule has 1 aromatic carbocycles. The first-order valence-electron chi connectivity index (χ1n) is 4.94. The van der Waals surface area contributed by atoms with Crippen LogP contribution in [0.4, 0.5) is 0 Å². The zero-order valence-corrected chi connectivity index (χ0v) is 9.11. The van der Waals surface area contributed by atoms with E-state index >= 15 is 0 Å². The number of hydrogen-bond donors (Lipinski definition) is 2. The normalized spacial score (nSPS) is 10.4. The van der Waals surface area contributed by atoms with Gasteiger partial charge in [0.1, 0.15) is 5.56 Å². The second kappa shape index (κ2) is 3.81. The summed E-state index contributed by atoms with van der Waals surface area (Å²) >= 11 is 0. The first-order valence-corrected chi connectivity index (χ1v) is 4.94. The van der Waals surface area contributed by atoms with Crippen LogP contribution in [0.1, 0.15) is 21.5 Å². The summed E-state index contributed by atoms with van der Waals surface area (Å²) in [7, 11) is 0. The van der Waals surface area contributed by atoms with Gasteiger partial charge in [0.15, 0.2) is 0 Å². The third kappa shape index (κ3) is 1.58. The number of carboxylic acids is 1. The van der Waals surface area contributed by atoms with Gasteiger partial charge in [0.2, 0.25) is 0 Å². The number of benzene rings is 1. The molecule has 0 saturated carbocycles. The highest BCUT2D eigenvalue weighted by molar-refractivity contribution is 5.95. The number of rotatable bonds is 2. The Labute approximate surface area is 92.9 Å². The van der Waals surface area contributed by atoms with E-state index in [2.05, 4.69) is 10.2 Å². The molecule has 0 aliphatic carbocycles. The number of aromatic carboxylic acids is 1. The average Bonchev–Trinajstić information content (AvgIpc) is 2.70. The fourth-order valence-corrected chi connectivity index (χ4v) is 1.68. The van der Waals surface area contributed by atoms with Gasteiger partial charge in [0.05, 0.1) is 11.9 Å². The Morgan fingerprint density at radius 1 is 1.38 bits per heavy atom. The number of aromatic nitrogens is 2. The third-order valence-corrected chi connectivity index (χ3v) is 2.74. The van der Waals surface area contributed by atoms with Crippen molar-refractivity contribution < 1.29 is 9.90 Å². The molecule has 0 fully saturated rings. The van der Waals surface area contributed by atoms with E-state index in [0.717, 1.165) is 16.7 Å². The number of nitrogens with zero attached hydrogens (tertiary/aromatic N) is 1. The van der Waals surface area contributed by atoms with Gasteiger partial charge >= 0.3 is 5.97 Å². The number of nitrogens with one attached hydrogen (secondary N) is 1. The molecule has 0 aliphatic heterocycles. The third-order valence-electron chi connectivity index (χ3n) is 2.74. The van der Waals surface area contributed by atoms with Gasteiger partial charge in [-0.3, -0.25) is 5.10 Å². The van der Waals surface area contributed by atoms with E-state index < -0.39 is 5.97 Å². The first-order chi connectivity index (χ1) is 7.61. The second-order valence-corrected chi connectivity index (χ2v) is 3.71. The Balaban J connectivity index is 2.63. The molecule has 1 heterocycles. The highest BCUT2D eigenvalue weighted by Crippen LogP contribution is 2.26. The van der Waals surface area contributed by atoms with E-state index in [1.165, 1.54) is 6.20 Å². The molecule has 2 rings (SSSR count). The summed E-state index contributed by atoms with van der Waals surface area (Å²) in [5, 5.41) is 15.5. The SMILES string of the molecule is Cc1cccc(-c2[nH]ncc2C(=O)O)c1C. The van der Waals surface area contributed by atoms with Gasteiger partial charge in [0.25, 0.3) is 0 Å². The number of H-pyrrole nitrogens is 1. The molecule has 4 heteroatoms. The summed E-state index contributed by atoms with van der Waals surface area (Å²) in [6.45, 7) is 3.97. The Kier molecular flexibility index (Phi) is 2.48. The van der Waals surface area contributed by atoms with Crippen LogP contribution in [0, 0.1) is 13.8 Å². The topological polar surface area (TPSA) is 66.0 Å². The number of aromatic amines is 1. The summed E-state index contributed by atoms with van der Waals surface area (Å²) in [6.07, 6.45) is 1.33. The van der Waals surface area contributed by atoms with Crippen molar-refractivity contribution in [3.63, 3.8) is 0 Å². The van der Waals surface area contributed by atoms with Gasteiger partial charge in [-0.05, 0) is 25.0 Å². The van der Waals surface area contributed by atoms with Crippen molar-refractivity contribution in [1.82, 2.24) is 10.2 Å². The van der Waals surface area contributed by atoms with Crippen molar-refractivity contribution in [2.45, 2.75) is 13.8 Å². The molecule has 0 bridgehead atoms. The molecule has 1 aromatic heterocycles. The van der Waals surface area contributed by atoms with E-state index in [9.17, 15) is 4.79 Å². The lowest BCUT2D eigenvalue weighted by molar-refractivity contribution is 0.0698. The summed E-state index contributed by atoms with van der Waals surface area (Å²) < 4.78 is 0. The van der Waals surface area contributed by atoms with E-state index in [-0.39, 0.29) is 5.56 Å². The van der Waals surface area contributed by atoms with Crippen LogP contribution in [0.25, 0.3) is 11.3 Å². The number of hydrogen-bond acceptors (Lipinski definition) is 2. The average molecular weight is 216 g/mol. The lowest BCUT2D eigenvalue weighted by Crippen LogP contribution is -1.98. The van der Waals surface area contributed by atoms with E-state index in [1.54, 1.807) is 0 Å². The van der Waals surface area contributed by atoms with Crippen LogP contribution in [0.5, 0.6) is 0 Å². The smallest absolute Gasteiger partial charge is 0.339 e. The molecule has 4 nitrogen and oxygen atoms in total. The molecular formula is C12H12N2O2. The molecule has 2 aromatic rings. The lowest BCUT2D eigenvalue weighted by atomic mass is 9.99. The summed E-state index contributed by atoms with van der Waals surface area (Å²) in [4.78, 5) is 11.0. The lowest BCUT2D eigenvalue weighted by Gasteiger charge is -2.07. The zero-order chi connectivity index (χ0) is 11.7. The maximum Gasteiger partial charge on any atom is 0.339 e. The minimum atomic E-state index is -0.968. The van der Waals surface area contributed by atoms with Gasteiger partial charge < -0.3 is 5.11 Å². The van der Waals surface area contributed by atoms with Crippen molar-refractivity contribution in [2.75, 3.05) is 0 Å². The maximum atomic E-state index is 11.0. The van der Waals surface area contributed by atoms with Crippen molar-refractivity contribution in [3.8, 4) is 11.3 Å². The Hall–Kier alpha value is -2.10. The van der Waals surface area contributed by atoms with E-state index in [1.807, 2.05) is 32.0 Å². The molecule has 2 N–H and O–H groups in total. The predicted molar refractivity (Wildman–Crippen MR) is 60.5 cm³/mol. The van der Waals surface area contributed by atoms with Crippen LogP contribution >= 0.6 is 0 Å². The van der Waals surface area contributed by atoms with Crippen LogP contribution in [-0.4, -0.2) is 21.3 Å². The van der Waals surface area contributed by atoms with Gasteiger partial charge in [-0.25, -0.2) is 4.79 Å². The van der Waals surface area contributed by atoms with Crippen molar-refractivity contribution in [3.05, 3.63) is 41.1 Å². The Morgan fingerprint density at radius 2 is 2.12 bits per heavy atom. The second-order valence-electron chi connectivity index (χ2n) is 3.71.